The summed E-state index contributed by atoms with van der Waals surface area (Å²) in [6.45, 7) is 3.05. The molecule has 0 aliphatic heterocycles. The molecule has 2 N–H and O–H groups in total. The number of nitrogens with one attached hydrogen (secondary N) is 2. The van der Waals surface area contributed by atoms with Crippen LogP contribution in [0.4, 0.5) is 0 Å². The lowest BCUT2D eigenvalue weighted by Crippen LogP contribution is -2.45. The number of nitrogens with zero attached hydrogens (tertiary/aromatic N) is 1. The average Bonchev–Trinajstić information content (AvgIpc) is 2.57. The summed E-state index contributed by atoms with van der Waals surface area (Å²) in [4.78, 5) is 4.34. The van der Waals surface area contributed by atoms with E-state index in [0.29, 0.717) is 12.6 Å². The van der Waals surface area contributed by atoms with Gasteiger partial charge in [0.2, 0.25) is 0 Å². The number of hydrogen-bond acceptors (Lipinski definition) is 2. The van der Waals surface area contributed by atoms with Crippen LogP contribution in [0.25, 0.3) is 0 Å². The van der Waals surface area contributed by atoms with Crippen molar-refractivity contribution in [3.8, 4) is 0 Å². The van der Waals surface area contributed by atoms with Gasteiger partial charge in [0.15, 0.2) is 5.96 Å². The fourth-order valence-electron chi connectivity index (χ4n) is 2.99. The summed E-state index contributed by atoms with van der Waals surface area (Å²) in [5.74, 6) is 1.74. The monoisotopic (exact) mass is 431 g/mol. The third-order valence-electron chi connectivity index (χ3n) is 4.49. The minimum absolute atomic E-state index is 0. The van der Waals surface area contributed by atoms with Gasteiger partial charge in [-0.2, -0.15) is 0 Å². The van der Waals surface area contributed by atoms with E-state index < -0.39 is 0 Å². The van der Waals surface area contributed by atoms with Crippen LogP contribution < -0.4 is 10.6 Å². The number of halogens is 1. The second-order valence-electron chi connectivity index (χ2n) is 6.19. The molecule has 2 rings (SSSR count). The van der Waals surface area contributed by atoms with Crippen molar-refractivity contribution in [3.63, 3.8) is 0 Å². The number of benzene rings is 1. The van der Waals surface area contributed by atoms with Crippen LogP contribution in [-0.4, -0.2) is 32.7 Å². The maximum absolute atomic E-state index is 5.59. The lowest BCUT2D eigenvalue weighted by molar-refractivity contribution is 0.106. The van der Waals surface area contributed by atoms with Crippen LogP contribution in [0.1, 0.15) is 44.3 Å². The van der Waals surface area contributed by atoms with Gasteiger partial charge in [-0.25, -0.2) is 0 Å². The van der Waals surface area contributed by atoms with Crippen LogP contribution in [-0.2, 0) is 4.74 Å². The first-order valence-corrected chi connectivity index (χ1v) is 8.27. The zero-order valence-corrected chi connectivity index (χ0v) is 16.7. The Morgan fingerprint density at radius 1 is 1.22 bits per heavy atom. The first-order chi connectivity index (χ1) is 10.7. The Bertz CT molecular complexity index is 459. The van der Waals surface area contributed by atoms with Gasteiger partial charge in [-0.1, -0.05) is 37.3 Å². The van der Waals surface area contributed by atoms with Crippen LogP contribution in [0.3, 0.4) is 0 Å². The van der Waals surface area contributed by atoms with Crippen molar-refractivity contribution in [1.82, 2.24) is 10.6 Å². The Hall–Kier alpha value is -0.820. The third kappa shape index (κ3) is 6.67. The summed E-state index contributed by atoms with van der Waals surface area (Å²) < 4.78 is 5.59. The molecule has 0 radical (unpaired) electrons. The van der Waals surface area contributed by atoms with Gasteiger partial charge in [0.1, 0.15) is 0 Å². The van der Waals surface area contributed by atoms with Gasteiger partial charge in [0.05, 0.1) is 6.10 Å². The molecule has 1 aliphatic carbocycles. The number of rotatable bonds is 5. The van der Waals surface area contributed by atoms with Crippen molar-refractivity contribution in [2.75, 3.05) is 20.7 Å². The summed E-state index contributed by atoms with van der Waals surface area (Å²) in [5, 5.41) is 6.93. The molecule has 0 saturated heterocycles. The molecule has 1 aromatic carbocycles. The Labute approximate surface area is 157 Å². The highest BCUT2D eigenvalue weighted by atomic mass is 127. The summed E-state index contributed by atoms with van der Waals surface area (Å²) in [7, 11) is 3.57. The van der Waals surface area contributed by atoms with Crippen molar-refractivity contribution < 1.29 is 4.74 Å². The third-order valence-corrected chi connectivity index (χ3v) is 4.49. The van der Waals surface area contributed by atoms with Crippen LogP contribution in [0.2, 0.25) is 0 Å². The van der Waals surface area contributed by atoms with Gasteiger partial charge < -0.3 is 15.4 Å². The van der Waals surface area contributed by atoms with Crippen molar-refractivity contribution in [2.24, 2.45) is 10.9 Å². The Morgan fingerprint density at radius 3 is 2.43 bits per heavy atom. The molecule has 5 heteroatoms. The van der Waals surface area contributed by atoms with E-state index in [4.69, 9.17) is 4.74 Å². The maximum atomic E-state index is 5.59. The molecule has 1 aliphatic rings. The Balaban J connectivity index is 0.00000264. The molecular weight excluding hydrogens is 401 g/mol. The van der Waals surface area contributed by atoms with E-state index in [0.717, 1.165) is 11.9 Å². The highest BCUT2D eigenvalue weighted by Gasteiger charge is 2.19. The summed E-state index contributed by atoms with van der Waals surface area (Å²) >= 11 is 0. The second kappa shape index (κ2) is 10.9. The minimum atomic E-state index is 0. The number of methoxy groups -OCH3 is 1. The number of aliphatic imine (C=N–C) groups is 1. The second-order valence-corrected chi connectivity index (χ2v) is 6.19. The van der Waals surface area contributed by atoms with Crippen molar-refractivity contribution in [2.45, 2.75) is 44.8 Å². The zero-order chi connectivity index (χ0) is 15.8. The normalized spacial score (nSPS) is 22.8. The quantitative estimate of drug-likeness (QED) is 0.424. The molecule has 1 saturated carbocycles. The van der Waals surface area contributed by atoms with E-state index in [1.807, 2.05) is 25.2 Å². The Morgan fingerprint density at radius 2 is 1.87 bits per heavy atom. The van der Waals surface area contributed by atoms with Gasteiger partial charge in [-0.05, 0) is 37.2 Å². The van der Waals surface area contributed by atoms with E-state index in [1.165, 1.54) is 31.2 Å². The lowest BCUT2D eigenvalue weighted by Gasteiger charge is -2.28. The topological polar surface area (TPSA) is 45.7 Å². The molecule has 1 aromatic rings. The SMILES string of the molecule is CN=C(NCC(OC)c1ccccc1)NC1CCC(C)CC1.I. The van der Waals surface area contributed by atoms with E-state index in [-0.39, 0.29) is 30.1 Å². The van der Waals surface area contributed by atoms with Crippen molar-refractivity contribution >= 4 is 29.9 Å². The molecule has 1 fully saturated rings. The lowest BCUT2D eigenvalue weighted by atomic mass is 9.87. The molecule has 0 spiro atoms. The average molecular weight is 431 g/mol. The first-order valence-electron chi connectivity index (χ1n) is 8.27. The van der Waals surface area contributed by atoms with Gasteiger partial charge >= 0.3 is 0 Å². The van der Waals surface area contributed by atoms with E-state index in [1.54, 1.807) is 7.11 Å². The summed E-state index contributed by atoms with van der Waals surface area (Å²) in [6, 6.07) is 10.8. The van der Waals surface area contributed by atoms with Gasteiger partial charge in [-0.3, -0.25) is 4.99 Å². The van der Waals surface area contributed by atoms with Crippen LogP contribution in [0.15, 0.2) is 35.3 Å². The summed E-state index contributed by atoms with van der Waals surface area (Å²) in [5.41, 5.74) is 1.18. The van der Waals surface area contributed by atoms with E-state index in [2.05, 4.69) is 34.7 Å². The van der Waals surface area contributed by atoms with Crippen molar-refractivity contribution in [3.05, 3.63) is 35.9 Å². The molecule has 1 unspecified atom stereocenters. The molecule has 0 heterocycles. The molecule has 0 bridgehead atoms. The van der Waals surface area contributed by atoms with Gasteiger partial charge in [0.25, 0.3) is 0 Å². The minimum Gasteiger partial charge on any atom is -0.375 e. The fraction of sp³-hybridized carbons (Fsp3) is 0.611. The molecule has 23 heavy (non-hydrogen) atoms. The van der Waals surface area contributed by atoms with E-state index >= 15 is 0 Å². The molecular formula is C18H30IN3O. The largest absolute Gasteiger partial charge is 0.375 e. The highest BCUT2D eigenvalue weighted by molar-refractivity contribution is 14.0. The highest BCUT2D eigenvalue weighted by Crippen LogP contribution is 2.23. The number of ether oxygens (including phenoxy) is 1. The number of hydrogen-bond donors (Lipinski definition) is 2. The number of guanidine groups is 1. The first kappa shape index (κ1) is 20.2. The molecule has 1 atom stereocenters. The van der Waals surface area contributed by atoms with Crippen LogP contribution in [0.5, 0.6) is 0 Å². The van der Waals surface area contributed by atoms with Gasteiger partial charge in [-0.15, -0.1) is 24.0 Å². The predicted molar refractivity (Wildman–Crippen MR) is 108 cm³/mol. The van der Waals surface area contributed by atoms with Crippen molar-refractivity contribution in [1.29, 1.82) is 0 Å². The summed E-state index contributed by atoms with van der Waals surface area (Å²) in [6.07, 6.45) is 5.10. The molecule has 130 valence electrons. The van der Waals surface area contributed by atoms with E-state index in [9.17, 15) is 0 Å². The standard InChI is InChI=1S/C18H29N3O.HI/c1-14-9-11-16(12-10-14)21-18(19-2)20-13-17(22-3)15-7-5-4-6-8-15;/h4-8,14,16-17H,9-13H2,1-3H3,(H2,19,20,21);1H. The predicted octanol–water partition coefficient (Wildman–Crippen LogP) is 3.74. The fourth-order valence-corrected chi connectivity index (χ4v) is 2.99. The zero-order valence-electron chi connectivity index (χ0n) is 14.4. The van der Waals surface area contributed by atoms with Crippen LogP contribution >= 0.6 is 24.0 Å². The Kier molecular flexibility index (Phi) is 9.55. The van der Waals surface area contributed by atoms with Gasteiger partial charge in [0, 0.05) is 26.7 Å². The molecule has 4 nitrogen and oxygen atoms in total. The molecule has 0 amide bonds. The van der Waals surface area contributed by atoms with Crippen LogP contribution in [0, 0.1) is 5.92 Å². The molecule has 0 aromatic heterocycles. The maximum Gasteiger partial charge on any atom is 0.191 e. The smallest absolute Gasteiger partial charge is 0.191 e.